The minimum absolute atomic E-state index is 0.437. The summed E-state index contributed by atoms with van der Waals surface area (Å²) in [5.74, 6) is 0. The number of hydrogen-bond acceptors (Lipinski definition) is 3. The van der Waals surface area contributed by atoms with Crippen LogP contribution in [0.3, 0.4) is 0 Å². The molecule has 2 bridgehead atoms. The number of rotatable bonds is 1. The molecule has 0 saturated carbocycles. The van der Waals surface area contributed by atoms with Crippen LogP contribution in [-0.2, 0) is 25.8 Å². The van der Waals surface area contributed by atoms with Crippen LogP contribution in [0.15, 0.2) is 35.9 Å². The number of fused-ring (bicyclic) bond motifs is 1. The molecule has 1 aliphatic carbocycles. The normalized spacial score (nSPS) is 34.2. The third kappa shape index (κ3) is 1.27. The lowest BCUT2D eigenvalue weighted by atomic mass is 9.73. The molecule has 88 valence electrons. The van der Waals surface area contributed by atoms with Crippen LogP contribution in [0.5, 0.6) is 0 Å². The Labute approximate surface area is 104 Å². The largest absolute Gasteiger partial charge is 0.276 e. The topological polar surface area (TPSA) is 35.5 Å². The van der Waals surface area contributed by atoms with Crippen LogP contribution in [0.1, 0.15) is 25.0 Å². The van der Waals surface area contributed by atoms with Gasteiger partial charge in [0.1, 0.15) is 5.60 Å². The van der Waals surface area contributed by atoms with E-state index < -0.39 is 16.4 Å². The first-order chi connectivity index (χ1) is 7.97. The van der Waals surface area contributed by atoms with Gasteiger partial charge >= 0.3 is 0 Å². The Kier molecular flexibility index (Phi) is 2.06. The lowest BCUT2D eigenvalue weighted by molar-refractivity contribution is -0.417. The van der Waals surface area contributed by atoms with Crippen molar-refractivity contribution in [2.24, 2.45) is 0 Å². The van der Waals surface area contributed by atoms with Gasteiger partial charge < -0.3 is 0 Å². The first-order valence-electron chi connectivity index (χ1n) is 5.37. The van der Waals surface area contributed by atoms with Crippen LogP contribution < -0.4 is 0 Å². The van der Waals surface area contributed by atoms with Gasteiger partial charge in [0.25, 0.3) is 5.24 Å². The molecule has 17 heavy (non-hydrogen) atoms. The van der Waals surface area contributed by atoms with Crippen LogP contribution in [-0.4, -0.2) is 5.24 Å². The maximum atomic E-state index is 11.5. The van der Waals surface area contributed by atoms with E-state index >= 15 is 0 Å². The molecule has 3 aliphatic rings. The van der Waals surface area contributed by atoms with Gasteiger partial charge in [0.2, 0.25) is 0 Å². The van der Waals surface area contributed by atoms with E-state index in [-0.39, 0.29) is 0 Å². The Bertz CT molecular complexity index is 551. The standard InChI is InChI=1S/C13H11ClO3/c1-12-7-10(11(14)15)13(2,17-16-12)9-6-4-3-5-8(9)12/h3-7H,1-2H3. The van der Waals surface area contributed by atoms with Crippen molar-refractivity contribution in [2.75, 3.05) is 0 Å². The highest BCUT2D eigenvalue weighted by atomic mass is 35.5. The summed E-state index contributed by atoms with van der Waals surface area (Å²) in [6.07, 6.45) is 1.74. The van der Waals surface area contributed by atoms with Gasteiger partial charge in [0, 0.05) is 0 Å². The maximum Gasteiger partial charge on any atom is 0.251 e. The van der Waals surface area contributed by atoms with E-state index in [9.17, 15) is 4.79 Å². The molecule has 2 aliphatic heterocycles. The van der Waals surface area contributed by atoms with Crippen molar-refractivity contribution >= 4 is 16.8 Å². The van der Waals surface area contributed by atoms with Gasteiger partial charge in [-0.05, 0) is 42.7 Å². The quantitative estimate of drug-likeness (QED) is 0.568. The molecule has 0 N–H and O–H groups in total. The molecule has 0 amide bonds. The van der Waals surface area contributed by atoms with Gasteiger partial charge in [-0.25, -0.2) is 9.78 Å². The van der Waals surface area contributed by atoms with Crippen LogP contribution >= 0.6 is 11.6 Å². The number of halogens is 1. The van der Waals surface area contributed by atoms with E-state index in [4.69, 9.17) is 21.4 Å². The predicted molar refractivity (Wildman–Crippen MR) is 62.3 cm³/mol. The first kappa shape index (κ1) is 11.0. The summed E-state index contributed by atoms with van der Waals surface area (Å²) in [4.78, 5) is 22.3. The highest BCUT2D eigenvalue weighted by Crippen LogP contribution is 2.52. The van der Waals surface area contributed by atoms with E-state index in [1.807, 2.05) is 31.2 Å². The zero-order valence-corrected chi connectivity index (χ0v) is 10.2. The lowest BCUT2D eigenvalue weighted by Gasteiger charge is -2.47. The summed E-state index contributed by atoms with van der Waals surface area (Å²) in [6, 6.07) is 7.76. The zero-order valence-electron chi connectivity index (χ0n) is 9.49. The summed E-state index contributed by atoms with van der Waals surface area (Å²) in [6.45, 7) is 3.64. The smallest absolute Gasteiger partial charge is 0.251 e. The Morgan fingerprint density at radius 2 is 1.82 bits per heavy atom. The maximum absolute atomic E-state index is 11.5. The molecular formula is C13H11ClO3. The molecule has 1 aromatic carbocycles. The van der Waals surface area contributed by atoms with E-state index in [1.54, 1.807) is 13.0 Å². The van der Waals surface area contributed by atoms with Gasteiger partial charge in [0.05, 0.1) is 5.57 Å². The Hall–Kier alpha value is -1.16. The van der Waals surface area contributed by atoms with Crippen LogP contribution in [0, 0.1) is 0 Å². The average molecular weight is 251 g/mol. The summed E-state index contributed by atoms with van der Waals surface area (Å²) in [5.41, 5.74) is 0.726. The molecule has 0 fully saturated rings. The van der Waals surface area contributed by atoms with E-state index in [1.165, 1.54) is 0 Å². The molecule has 2 unspecified atom stereocenters. The number of benzene rings is 1. The van der Waals surface area contributed by atoms with Gasteiger partial charge in [-0.1, -0.05) is 24.3 Å². The molecule has 0 aromatic heterocycles. The van der Waals surface area contributed by atoms with Crippen molar-refractivity contribution in [2.45, 2.75) is 25.0 Å². The predicted octanol–water partition coefficient (Wildman–Crippen LogP) is 2.78. The molecule has 4 rings (SSSR count). The van der Waals surface area contributed by atoms with Crippen molar-refractivity contribution in [3.63, 3.8) is 0 Å². The molecule has 3 nitrogen and oxygen atoms in total. The van der Waals surface area contributed by atoms with E-state index in [0.717, 1.165) is 11.1 Å². The fourth-order valence-corrected chi connectivity index (χ4v) is 2.78. The molecule has 0 saturated heterocycles. The summed E-state index contributed by atoms with van der Waals surface area (Å²) < 4.78 is 0. The third-order valence-electron chi connectivity index (χ3n) is 3.50. The molecule has 4 heteroatoms. The molecule has 0 radical (unpaired) electrons. The minimum Gasteiger partial charge on any atom is -0.276 e. The van der Waals surface area contributed by atoms with Gasteiger partial charge in [0.15, 0.2) is 5.60 Å². The highest BCUT2D eigenvalue weighted by molar-refractivity contribution is 6.68. The summed E-state index contributed by atoms with van der Waals surface area (Å²) >= 11 is 5.63. The molecule has 1 aromatic rings. The molecule has 2 atom stereocenters. The second kappa shape index (κ2) is 3.19. The SMILES string of the molecule is CC12C=C(C(=O)Cl)C(C)(OO1)c1ccccc12. The van der Waals surface area contributed by atoms with Crippen molar-refractivity contribution < 1.29 is 14.6 Å². The molecular weight excluding hydrogens is 240 g/mol. The average Bonchev–Trinajstić information content (AvgIpc) is 2.32. The van der Waals surface area contributed by atoms with Crippen LogP contribution in [0.25, 0.3) is 0 Å². The second-order valence-corrected chi connectivity index (χ2v) is 5.03. The zero-order chi connectivity index (χ0) is 12.3. The van der Waals surface area contributed by atoms with Gasteiger partial charge in [-0.15, -0.1) is 0 Å². The van der Waals surface area contributed by atoms with Crippen molar-refractivity contribution in [1.29, 1.82) is 0 Å². The van der Waals surface area contributed by atoms with Crippen LogP contribution in [0.2, 0.25) is 0 Å². The van der Waals surface area contributed by atoms with Crippen molar-refractivity contribution in [3.05, 3.63) is 47.0 Å². The lowest BCUT2D eigenvalue weighted by Crippen LogP contribution is -2.48. The Balaban J connectivity index is 2.33. The third-order valence-corrected chi connectivity index (χ3v) is 3.71. The van der Waals surface area contributed by atoms with E-state index in [2.05, 4.69) is 0 Å². The minimum atomic E-state index is -0.910. The fraction of sp³-hybridized carbons (Fsp3) is 0.308. The highest BCUT2D eigenvalue weighted by Gasteiger charge is 2.53. The van der Waals surface area contributed by atoms with Crippen molar-refractivity contribution in [3.8, 4) is 0 Å². The monoisotopic (exact) mass is 250 g/mol. The van der Waals surface area contributed by atoms with Gasteiger partial charge in [-0.2, -0.15) is 0 Å². The second-order valence-electron chi connectivity index (χ2n) is 4.68. The fourth-order valence-electron chi connectivity index (χ4n) is 2.54. The van der Waals surface area contributed by atoms with Crippen molar-refractivity contribution in [1.82, 2.24) is 0 Å². The number of carbonyl (C=O) groups excluding carboxylic acids is 1. The summed E-state index contributed by atoms with van der Waals surface area (Å²) in [5, 5.41) is -0.503. The van der Waals surface area contributed by atoms with Crippen LogP contribution in [0.4, 0.5) is 0 Å². The van der Waals surface area contributed by atoms with E-state index in [0.29, 0.717) is 5.57 Å². The van der Waals surface area contributed by atoms with Gasteiger partial charge in [-0.3, -0.25) is 4.79 Å². The summed E-state index contributed by atoms with van der Waals surface area (Å²) in [7, 11) is 0. The number of hydrogen-bond donors (Lipinski definition) is 0. The Morgan fingerprint density at radius 3 is 2.47 bits per heavy atom. The first-order valence-corrected chi connectivity index (χ1v) is 5.75. The molecule has 0 spiro atoms. The number of carbonyl (C=O) groups is 1. The Morgan fingerprint density at radius 1 is 1.18 bits per heavy atom. The molecule has 2 heterocycles.